The van der Waals surface area contributed by atoms with Crippen molar-refractivity contribution in [1.82, 2.24) is 0 Å². The van der Waals surface area contributed by atoms with Gasteiger partial charge in [0.25, 0.3) is 0 Å². The Morgan fingerprint density at radius 1 is 1.24 bits per heavy atom. The van der Waals surface area contributed by atoms with Gasteiger partial charge in [-0.15, -0.1) is 0 Å². The molecule has 1 aliphatic heterocycles. The minimum Gasteiger partial charge on any atom is -0.490 e. The topological polar surface area (TPSA) is 57.1 Å². The number of esters is 1. The van der Waals surface area contributed by atoms with Crippen LogP contribution < -0.4 is 9.47 Å². The molecule has 152 valence electrons. The highest BCUT2D eigenvalue weighted by atomic mass is 127. The molecule has 1 atom stereocenters. The van der Waals surface area contributed by atoms with Crippen molar-refractivity contribution >= 4 is 40.5 Å². The van der Waals surface area contributed by atoms with Gasteiger partial charge in [-0.1, -0.05) is 25.1 Å². The van der Waals surface area contributed by atoms with Crippen LogP contribution in [0.4, 0.5) is 0 Å². The fourth-order valence-corrected chi connectivity index (χ4v) is 3.58. The lowest BCUT2D eigenvalue weighted by Crippen LogP contribution is -2.12. The Morgan fingerprint density at radius 2 is 2.00 bits per heavy atom. The average molecular weight is 505 g/mol. The smallest absolute Gasteiger partial charge is 0.363 e. The van der Waals surface area contributed by atoms with Gasteiger partial charge in [0.05, 0.1) is 16.3 Å². The first-order valence-corrected chi connectivity index (χ1v) is 10.7. The Balaban J connectivity index is 1.97. The molecule has 0 fully saturated rings. The minimum atomic E-state index is -0.462. The highest BCUT2D eigenvalue weighted by Gasteiger charge is 2.25. The molecule has 2 aromatic rings. The lowest BCUT2D eigenvalue weighted by molar-refractivity contribution is -0.129. The monoisotopic (exact) mass is 505 g/mol. The van der Waals surface area contributed by atoms with E-state index in [1.807, 2.05) is 57.2 Å². The first-order chi connectivity index (χ1) is 13.9. The number of rotatable bonds is 7. The van der Waals surface area contributed by atoms with Crippen LogP contribution in [0.3, 0.4) is 0 Å². The molecule has 3 rings (SSSR count). The van der Waals surface area contributed by atoms with Gasteiger partial charge in [0.1, 0.15) is 0 Å². The fraction of sp³-hybridized carbons (Fsp3) is 0.304. The summed E-state index contributed by atoms with van der Waals surface area (Å²) < 4.78 is 18.1. The van der Waals surface area contributed by atoms with E-state index < -0.39 is 5.97 Å². The SMILES string of the molecule is CCOc1cc(/C=C2\N=C(c3ccccc3C)OC2=O)cc(I)c1OC(C)CC. The molecular formula is C23H24INO4. The number of halogens is 1. The molecule has 0 saturated heterocycles. The Morgan fingerprint density at radius 3 is 2.69 bits per heavy atom. The predicted molar refractivity (Wildman–Crippen MR) is 122 cm³/mol. The molecule has 0 aliphatic carbocycles. The van der Waals surface area contributed by atoms with Gasteiger partial charge in [-0.05, 0) is 85.2 Å². The van der Waals surface area contributed by atoms with Gasteiger partial charge in [0, 0.05) is 5.56 Å². The number of carbonyl (C=O) groups excluding carboxylic acids is 1. The molecule has 29 heavy (non-hydrogen) atoms. The van der Waals surface area contributed by atoms with E-state index in [0.717, 1.165) is 32.4 Å². The van der Waals surface area contributed by atoms with Crippen LogP contribution in [0.5, 0.6) is 11.5 Å². The second-order valence-corrected chi connectivity index (χ2v) is 7.91. The first-order valence-electron chi connectivity index (χ1n) is 9.64. The van der Waals surface area contributed by atoms with Crippen LogP contribution in [0.1, 0.15) is 43.9 Å². The van der Waals surface area contributed by atoms with Crippen molar-refractivity contribution in [3.63, 3.8) is 0 Å². The van der Waals surface area contributed by atoms with E-state index >= 15 is 0 Å². The average Bonchev–Trinajstić information content (AvgIpc) is 3.05. The fourth-order valence-electron chi connectivity index (χ4n) is 2.83. The van der Waals surface area contributed by atoms with Gasteiger partial charge < -0.3 is 14.2 Å². The number of benzene rings is 2. The Bertz CT molecular complexity index is 981. The van der Waals surface area contributed by atoms with Gasteiger partial charge in [-0.25, -0.2) is 9.79 Å². The molecule has 0 N–H and O–H groups in total. The molecule has 2 aromatic carbocycles. The third kappa shape index (κ3) is 4.98. The Labute approximate surface area is 184 Å². The number of aryl methyl sites for hydroxylation is 1. The molecule has 0 spiro atoms. The number of carbonyl (C=O) groups is 1. The van der Waals surface area contributed by atoms with Crippen LogP contribution >= 0.6 is 22.6 Å². The molecule has 1 heterocycles. The lowest BCUT2D eigenvalue weighted by Gasteiger charge is -2.18. The summed E-state index contributed by atoms with van der Waals surface area (Å²) in [6.45, 7) is 8.51. The molecule has 1 aliphatic rings. The molecule has 6 heteroatoms. The number of hydrogen-bond acceptors (Lipinski definition) is 5. The maximum atomic E-state index is 12.4. The van der Waals surface area contributed by atoms with Crippen molar-refractivity contribution in [3.05, 3.63) is 62.4 Å². The molecule has 0 saturated carbocycles. The van der Waals surface area contributed by atoms with Crippen LogP contribution in [0.2, 0.25) is 0 Å². The summed E-state index contributed by atoms with van der Waals surface area (Å²) in [5.74, 6) is 1.25. The second-order valence-electron chi connectivity index (χ2n) is 6.75. The molecule has 0 radical (unpaired) electrons. The summed E-state index contributed by atoms with van der Waals surface area (Å²) >= 11 is 2.22. The van der Waals surface area contributed by atoms with Crippen molar-refractivity contribution in [2.24, 2.45) is 4.99 Å². The maximum Gasteiger partial charge on any atom is 0.363 e. The Hall–Kier alpha value is -2.35. The van der Waals surface area contributed by atoms with E-state index in [1.165, 1.54) is 0 Å². The predicted octanol–water partition coefficient (Wildman–Crippen LogP) is 5.52. The minimum absolute atomic E-state index is 0.0815. The largest absolute Gasteiger partial charge is 0.490 e. The molecule has 0 bridgehead atoms. The Kier molecular flexibility index (Phi) is 6.95. The number of hydrogen-bond donors (Lipinski definition) is 0. The van der Waals surface area contributed by atoms with Gasteiger partial charge >= 0.3 is 5.97 Å². The van der Waals surface area contributed by atoms with Gasteiger partial charge in [0.2, 0.25) is 5.90 Å². The van der Waals surface area contributed by atoms with E-state index in [2.05, 4.69) is 34.5 Å². The van der Waals surface area contributed by atoms with Crippen LogP contribution in [-0.2, 0) is 9.53 Å². The number of nitrogens with zero attached hydrogens (tertiary/aromatic N) is 1. The second kappa shape index (κ2) is 9.43. The molecule has 0 aromatic heterocycles. The van der Waals surface area contributed by atoms with Gasteiger partial charge in [0.15, 0.2) is 17.2 Å². The van der Waals surface area contributed by atoms with Gasteiger partial charge in [-0.3, -0.25) is 0 Å². The molecular weight excluding hydrogens is 481 g/mol. The van der Waals surface area contributed by atoms with Crippen molar-refractivity contribution in [2.45, 2.75) is 40.2 Å². The summed E-state index contributed by atoms with van der Waals surface area (Å²) in [5, 5.41) is 0. The lowest BCUT2D eigenvalue weighted by atomic mass is 10.1. The quantitative estimate of drug-likeness (QED) is 0.283. The van der Waals surface area contributed by atoms with Crippen molar-refractivity contribution in [3.8, 4) is 11.5 Å². The number of ether oxygens (including phenoxy) is 3. The first kappa shape index (κ1) is 21.4. The third-order valence-electron chi connectivity index (χ3n) is 4.53. The zero-order valence-corrected chi connectivity index (χ0v) is 19.1. The highest BCUT2D eigenvalue weighted by Crippen LogP contribution is 2.36. The van der Waals surface area contributed by atoms with Crippen LogP contribution in [-0.4, -0.2) is 24.6 Å². The zero-order valence-electron chi connectivity index (χ0n) is 17.0. The number of aliphatic imine (C=N–C) groups is 1. The van der Waals surface area contributed by atoms with Crippen molar-refractivity contribution in [2.75, 3.05) is 6.61 Å². The van der Waals surface area contributed by atoms with Crippen molar-refractivity contribution in [1.29, 1.82) is 0 Å². The van der Waals surface area contributed by atoms with E-state index in [-0.39, 0.29) is 11.8 Å². The molecule has 5 nitrogen and oxygen atoms in total. The molecule has 0 amide bonds. The summed E-state index contributed by atoms with van der Waals surface area (Å²) in [7, 11) is 0. The summed E-state index contributed by atoms with van der Waals surface area (Å²) in [5.41, 5.74) is 2.87. The standard InChI is InChI=1S/C23H24INO4/c1-5-15(4)28-21-18(24)11-16(13-20(21)27-6-2)12-19-23(26)29-22(25-19)17-10-8-7-9-14(17)3/h7-13,15H,5-6H2,1-4H3/b19-12-. The van der Waals surface area contributed by atoms with E-state index in [4.69, 9.17) is 14.2 Å². The number of cyclic esters (lactones) is 1. The summed E-state index contributed by atoms with van der Waals surface area (Å²) in [6.07, 6.45) is 2.69. The van der Waals surface area contributed by atoms with Crippen LogP contribution in [0.25, 0.3) is 6.08 Å². The zero-order chi connectivity index (χ0) is 21.0. The normalized spacial score (nSPS) is 15.8. The maximum absolute atomic E-state index is 12.4. The van der Waals surface area contributed by atoms with Crippen LogP contribution in [0, 0.1) is 10.5 Å². The summed E-state index contributed by atoms with van der Waals surface area (Å²) in [6, 6.07) is 11.5. The van der Waals surface area contributed by atoms with Crippen LogP contribution in [0.15, 0.2) is 47.1 Å². The third-order valence-corrected chi connectivity index (χ3v) is 5.33. The van der Waals surface area contributed by atoms with E-state index in [9.17, 15) is 4.79 Å². The van der Waals surface area contributed by atoms with E-state index in [1.54, 1.807) is 6.08 Å². The summed E-state index contributed by atoms with van der Waals surface area (Å²) in [4.78, 5) is 16.8. The van der Waals surface area contributed by atoms with Gasteiger partial charge in [-0.2, -0.15) is 0 Å². The molecule has 1 unspecified atom stereocenters. The van der Waals surface area contributed by atoms with Crippen molar-refractivity contribution < 1.29 is 19.0 Å². The van der Waals surface area contributed by atoms with E-state index in [0.29, 0.717) is 18.3 Å². The highest BCUT2D eigenvalue weighted by molar-refractivity contribution is 14.1.